The number of hydrogen-bond donors (Lipinski definition) is 1. The lowest BCUT2D eigenvalue weighted by atomic mass is 9.80. The van der Waals surface area contributed by atoms with Gasteiger partial charge >= 0.3 is 17.1 Å². The summed E-state index contributed by atoms with van der Waals surface area (Å²) in [5.41, 5.74) is 0.0272. The molecule has 0 amide bonds. The standard InChI is InChI=1S/C20H28F4O7S/c1-11(10-30-5-3-2-4-19(21,22)20(23,24)32(27,28)29)18(26)31-13-8-14-12-6-16(15(14)9-13)17(25)7-12/h12-17,25H,1-10H2,(H,27,28,29)/p-1. The molecule has 184 valence electrons. The number of carbonyl (C=O) groups excluding carboxylic acids is 1. The Morgan fingerprint density at radius 3 is 2.38 bits per heavy atom. The van der Waals surface area contributed by atoms with Crippen LogP contribution in [0.3, 0.4) is 0 Å². The van der Waals surface area contributed by atoms with Crippen molar-refractivity contribution in [2.24, 2.45) is 23.7 Å². The minimum atomic E-state index is -6.49. The largest absolute Gasteiger partial charge is 0.743 e. The second-order valence-corrected chi connectivity index (χ2v) is 10.5. The first-order valence-electron chi connectivity index (χ1n) is 10.6. The number of fused-ring (bicyclic) bond motifs is 5. The first kappa shape index (κ1) is 25.4. The summed E-state index contributed by atoms with van der Waals surface area (Å²) in [6, 6.07) is 0. The second-order valence-electron chi connectivity index (χ2n) is 9.08. The third-order valence-electron chi connectivity index (χ3n) is 7.00. The summed E-state index contributed by atoms with van der Waals surface area (Å²) in [5.74, 6) is -4.02. The van der Waals surface area contributed by atoms with Crippen molar-refractivity contribution in [3.8, 4) is 0 Å². The Balaban J connectivity index is 1.31. The maximum atomic E-state index is 13.3. The molecule has 7 nitrogen and oxygen atoms in total. The molecule has 0 aliphatic heterocycles. The zero-order valence-corrected chi connectivity index (χ0v) is 18.2. The van der Waals surface area contributed by atoms with E-state index in [1.807, 2.05) is 0 Å². The monoisotopic (exact) mass is 487 g/mol. The number of aliphatic hydroxyl groups excluding tert-OH is 1. The van der Waals surface area contributed by atoms with Crippen LogP contribution in [0.25, 0.3) is 0 Å². The molecule has 3 aliphatic rings. The van der Waals surface area contributed by atoms with Crippen molar-refractivity contribution >= 4 is 16.1 Å². The van der Waals surface area contributed by atoms with Crippen molar-refractivity contribution in [1.29, 1.82) is 0 Å². The van der Waals surface area contributed by atoms with Crippen LogP contribution in [0.4, 0.5) is 17.6 Å². The molecule has 3 rings (SSSR count). The molecule has 0 aromatic carbocycles. The molecule has 0 spiro atoms. The number of ether oxygens (including phenoxy) is 2. The lowest BCUT2D eigenvalue weighted by Crippen LogP contribution is -2.46. The highest BCUT2D eigenvalue weighted by Crippen LogP contribution is 2.59. The van der Waals surface area contributed by atoms with E-state index in [-0.39, 0.29) is 43.3 Å². The lowest BCUT2D eigenvalue weighted by Gasteiger charge is -2.28. The zero-order valence-electron chi connectivity index (χ0n) is 17.4. The minimum absolute atomic E-state index is 0.0272. The molecule has 0 aromatic heterocycles. The lowest BCUT2D eigenvalue weighted by molar-refractivity contribution is -0.165. The Kier molecular flexibility index (Phi) is 7.29. The SMILES string of the molecule is C=C(COCCCCC(F)(F)C(F)(F)S(=O)(=O)[O-])C(=O)OC1CC2C3CC(O)C(C3)C2C1. The summed E-state index contributed by atoms with van der Waals surface area (Å²) >= 11 is 0. The second kappa shape index (κ2) is 9.19. The molecule has 32 heavy (non-hydrogen) atoms. The van der Waals surface area contributed by atoms with Crippen molar-refractivity contribution in [1.82, 2.24) is 0 Å². The zero-order chi connectivity index (χ0) is 23.9. The van der Waals surface area contributed by atoms with Gasteiger partial charge in [-0.15, -0.1) is 0 Å². The van der Waals surface area contributed by atoms with Gasteiger partial charge in [0, 0.05) is 13.0 Å². The van der Waals surface area contributed by atoms with Gasteiger partial charge < -0.3 is 19.1 Å². The van der Waals surface area contributed by atoms with Crippen LogP contribution < -0.4 is 0 Å². The van der Waals surface area contributed by atoms with Gasteiger partial charge in [-0.2, -0.15) is 17.6 Å². The molecule has 6 unspecified atom stereocenters. The van der Waals surface area contributed by atoms with Crippen LogP contribution in [0.1, 0.15) is 44.9 Å². The van der Waals surface area contributed by atoms with Crippen LogP contribution in [0.5, 0.6) is 0 Å². The van der Waals surface area contributed by atoms with Crippen LogP contribution in [-0.4, -0.2) is 60.6 Å². The van der Waals surface area contributed by atoms with Gasteiger partial charge in [0.05, 0.1) is 18.3 Å². The molecular weight excluding hydrogens is 460 g/mol. The number of rotatable bonds is 11. The highest BCUT2D eigenvalue weighted by Gasteiger charge is 2.61. The van der Waals surface area contributed by atoms with Gasteiger partial charge in [0.1, 0.15) is 6.10 Å². The fraction of sp³-hybridized carbons (Fsp3) is 0.850. The molecule has 3 fully saturated rings. The summed E-state index contributed by atoms with van der Waals surface area (Å²) in [6.07, 6.45) is 0.655. The highest BCUT2D eigenvalue weighted by atomic mass is 32.2. The quantitative estimate of drug-likeness (QED) is 0.157. The molecular formula is C20H27F4O7S-. The van der Waals surface area contributed by atoms with Gasteiger partial charge in [-0.25, -0.2) is 13.2 Å². The molecule has 3 saturated carbocycles. The summed E-state index contributed by atoms with van der Waals surface area (Å²) < 4.78 is 94.3. The van der Waals surface area contributed by atoms with E-state index in [9.17, 15) is 40.4 Å². The van der Waals surface area contributed by atoms with Gasteiger partial charge in [-0.05, 0) is 62.2 Å². The number of aliphatic hydroxyl groups is 1. The third-order valence-corrected chi connectivity index (χ3v) is 7.92. The maximum Gasteiger partial charge on any atom is 0.396 e. The first-order chi connectivity index (χ1) is 14.7. The van der Waals surface area contributed by atoms with Crippen molar-refractivity contribution < 1.29 is 49.9 Å². The van der Waals surface area contributed by atoms with E-state index in [1.54, 1.807) is 0 Å². The van der Waals surface area contributed by atoms with Gasteiger partial charge in [0.2, 0.25) is 0 Å². The Labute approximate surface area is 183 Å². The average molecular weight is 487 g/mol. The van der Waals surface area contributed by atoms with Crippen LogP contribution in [0, 0.1) is 23.7 Å². The number of halogens is 4. The summed E-state index contributed by atoms with van der Waals surface area (Å²) in [5, 5.41) is 4.36. The number of carbonyl (C=O) groups is 1. The normalized spacial score (nSPS) is 32.2. The predicted octanol–water partition coefficient (Wildman–Crippen LogP) is 2.84. The number of alkyl halides is 4. The van der Waals surface area contributed by atoms with Crippen LogP contribution in [0.15, 0.2) is 12.2 Å². The van der Waals surface area contributed by atoms with E-state index >= 15 is 0 Å². The topological polar surface area (TPSA) is 113 Å². The van der Waals surface area contributed by atoms with Crippen molar-refractivity contribution in [3.63, 3.8) is 0 Å². The van der Waals surface area contributed by atoms with Crippen molar-refractivity contribution in [2.75, 3.05) is 13.2 Å². The molecule has 12 heteroatoms. The minimum Gasteiger partial charge on any atom is -0.743 e. The summed E-state index contributed by atoms with van der Waals surface area (Å²) in [4.78, 5) is 12.2. The third kappa shape index (κ3) is 4.97. The number of esters is 1. The molecule has 0 radical (unpaired) electrons. The predicted molar refractivity (Wildman–Crippen MR) is 102 cm³/mol. The van der Waals surface area contributed by atoms with E-state index in [2.05, 4.69) is 6.58 Å². The average Bonchev–Trinajstić information content (AvgIpc) is 3.34. The van der Waals surface area contributed by atoms with E-state index in [0.29, 0.717) is 24.2 Å². The molecule has 3 aliphatic carbocycles. The van der Waals surface area contributed by atoms with Crippen LogP contribution in [0.2, 0.25) is 0 Å². The fourth-order valence-electron chi connectivity index (χ4n) is 5.45. The van der Waals surface area contributed by atoms with E-state index in [1.165, 1.54) is 0 Å². The van der Waals surface area contributed by atoms with Gasteiger partial charge in [-0.1, -0.05) is 6.58 Å². The Morgan fingerprint density at radius 2 is 1.72 bits per heavy atom. The Hall–Kier alpha value is -1.24. The van der Waals surface area contributed by atoms with Gasteiger partial charge in [0.15, 0.2) is 10.1 Å². The fourth-order valence-corrected chi connectivity index (χ4v) is 5.92. The van der Waals surface area contributed by atoms with E-state index in [4.69, 9.17) is 9.47 Å². The van der Waals surface area contributed by atoms with Crippen molar-refractivity contribution in [2.45, 2.75) is 68.3 Å². The Bertz CT molecular complexity index is 832. The van der Waals surface area contributed by atoms with Gasteiger partial charge in [0.25, 0.3) is 0 Å². The highest BCUT2D eigenvalue weighted by molar-refractivity contribution is 7.86. The van der Waals surface area contributed by atoms with E-state index < -0.39 is 40.1 Å². The molecule has 1 N–H and O–H groups in total. The number of hydrogen-bond acceptors (Lipinski definition) is 7. The Morgan fingerprint density at radius 1 is 1.06 bits per heavy atom. The maximum absolute atomic E-state index is 13.3. The van der Waals surface area contributed by atoms with Gasteiger partial charge in [-0.3, -0.25) is 0 Å². The molecule has 0 heterocycles. The summed E-state index contributed by atoms with van der Waals surface area (Å²) in [6.45, 7) is 3.19. The molecule has 0 saturated heterocycles. The summed E-state index contributed by atoms with van der Waals surface area (Å²) in [7, 11) is -6.49. The molecule has 0 aromatic rings. The smallest absolute Gasteiger partial charge is 0.396 e. The molecule has 6 atom stereocenters. The van der Waals surface area contributed by atoms with E-state index in [0.717, 1.165) is 19.3 Å². The van der Waals surface area contributed by atoms with Crippen LogP contribution >= 0.6 is 0 Å². The van der Waals surface area contributed by atoms with Crippen molar-refractivity contribution in [3.05, 3.63) is 12.2 Å². The number of unbranched alkanes of at least 4 members (excludes halogenated alkanes) is 1. The molecule has 2 bridgehead atoms. The first-order valence-corrected chi connectivity index (χ1v) is 12.0. The van der Waals surface area contributed by atoms with Crippen LogP contribution in [-0.2, 0) is 24.4 Å².